The topological polar surface area (TPSA) is 20.2 Å². The zero-order valence-electron chi connectivity index (χ0n) is 10.3. The Morgan fingerprint density at radius 1 is 1.06 bits per heavy atom. The van der Waals surface area contributed by atoms with Gasteiger partial charge in [-0.2, -0.15) is 0 Å². The van der Waals surface area contributed by atoms with Gasteiger partial charge in [0, 0.05) is 0 Å². The van der Waals surface area contributed by atoms with Crippen LogP contribution < -0.4 is 0 Å². The molecular formula is C14H17F3O. The van der Waals surface area contributed by atoms with Crippen molar-refractivity contribution in [2.75, 3.05) is 0 Å². The van der Waals surface area contributed by atoms with Gasteiger partial charge in [0.1, 0.15) is 0 Å². The first-order chi connectivity index (χ1) is 8.49. The lowest BCUT2D eigenvalue weighted by molar-refractivity contribution is 0.0748. The molecule has 1 unspecified atom stereocenters. The van der Waals surface area contributed by atoms with Crippen LogP contribution in [0.5, 0.6) is 0 Å². The van der Waals surface area contributed by atoms with Crippen LogP contribution in [0.2, 0.25) is 0 Å². The SMILES string of the molecule is CC1CCC(C(O)c2cc(F)c(F)c(F)c2)CC1. The highest BCUT2D eigenvalue weighted by Crippen LogP contribution is 2.37. The van der Waals surface area contributed by atoms with Gasteiger partial charge in [-0.15, -0.1) is 0 Å². The summed E-state index contributed by atoms with van der Waals surface area (Å²) in [6.07, 6.45) is 2.77. The largest absolute Gasteiger partial charge is 0.388 e. The van der Waals surface area contributed by atoms with Crippen LogP contribution in [-0.4, -0.2) is 5.11 Å². The summed E-state index contributed by atoms with van der Waals surface area (Å²) >= 11 is 0. The predicted molar refractivity (Wildman–Crippen MR) is 62.4 cm³/mol. The van der Waals surface area contributed by atoms with Gasteiger partial charge < -0.3 is 5.11 Å². The van der Waals surface area contributed by atoms with E-state index in [9.17, 15) is 18.3 Å². The van der Waals surface area contributed by atoms with Crippen molar-refractivity contribution < 1.29 is 18.3 Å². The molecule has 0 aliphatic heterocycles. The normalized spacial score (nSPS) is 26.1. The van der Waals surface area contributed by atoms with Crippen molar-refractivity contribution in [1.82, 2.24) is 0 Å². The molecule has 1 saturated carbocycles. The van der Waals surface area contributed by atoms with E-state index >= 15 is 0 Å². The second-order valence-electron chi connectivity index (χ2n) is 5.26. The second kappa shape index (κ2) is 5.31. The van der Waals surface area contributed by atoms with Crippen molar-refractivity contribution in [3.63, 3.8) is 0 Å². The Kier molecular flexibility index (Phi) is 3.95. The van der Waals surface area contributed by atoms with Crippen molar-refractivity contribution in [2.45, 2.75) is 38.7 Å². The van der Waals surface area contributed by atoms with E-state index in [0.717, 1.165) is 37.8 Å². The Morgan fingerprint density at radius 2 is 1.56 bits per heavy atom. The van der Waals surface area contributed by atoms with Crippen molar-refractivity contribution in [2.24, 2.45) is 11.8 Å². The monoisotopic (exact) mass is 258 g/mol. The minimum atomic E-state index is -1.48. The van der Waals surface area contributed by atoms with E-state index < -0.39 is 23.6 Å². The maximum atomic E-state index is 13.1. The Labute approximate surface area is 105 Å². The summed E-state index contributed by atoms with van der Waals surface area (Å²) in [5.41, 5.74) is 0.131. The van der Waals surface area contributed by atoms with Crippen molar-refractivity contribution in [1.29, 1.82) is 0 Å². The van der Waals surface area contributed by atoms with Gasteiger partial charge in [0.05, 0.1) is 6.10 Å². The first-order valence-corrected chi connectivity index (χ1v) is 6.31. The molecule has 1 aromatic carbocycles. The minimum absolute atomic E-state index is 0.00506. The number of aliphatic hydroxyl groups excluding tert-OH is 1. The van der Waals surface area contributed by atoms with Crippen LogP contribution in [0, 0.1) is 29.3 Å². The molecule has 0 aromatic heterocycles. The van der Waals surface area contributed by atoms with E-state index in [2.05, 4.69) is 6.92 Å². The number of hydrogen-bond donors (Lipinski definition) is 1. The molecule has 0 spiro atoms. The number of rotatable bonds is 2. The van der Waals surface area contributed by atoms with E-state index in [0.29, 0.717) is 5.92 Å². The smallest absolute Gasteiger partial charge is 0.194 e. The molecule has 0 amide bonds. The molecule has 1 atom stereocenters. The quantitative estimate of drug-likeness (QED) is 0.796. The first-order valence-electron chi connectivity index (χ1n) is 6.31. The molecule has 0 saturated heterocycles. The molecule has 1 aliphatic carbocycles. The van der Waals surface area contributed by atoms with Crippen LogP contribution in [0.1, 0.15) is 44.3 Å². The van der Waals surface area contributed by atoms with Gasteiger partial charge in [-0.3, -0.25) is 0 Å². The Morgan fingerprint density at radius 3 is 2.06 bits per heavy atom. The van der Waals surface area contributed by atoms with Crippen molar-refractivity contribution in [3.8, 4) is 0 Å². The molecule has 18 heavy (non-hydrogen) atoms. The fourth-order valence-electron chi connectivity index (χ4n) is 2.62. The zero-order valence-corrected chi connectivity index (χ0v) is 10.3. The summed E-state index contributed by atoms with van der Waals surface area (Å²) in [6.45, 7) is 2.15. The average Bonchev–Trinajstić information content (AvgIpc) is 2.35. The van der Waals surface area contributed by atoms with Crippen molar-refractivity contribution in [3.05, 3.63) is 35.1 Å². The molecule has 0 bridgehead atoms. The molecule has 100 valence electrons. The maximum Gasteiger partial charge on any atom is 0.194 e. The van der Waals surface area contributed by atoms with E-state index in [1.54, 1.807) is 0 Å². The van der Waals surface area contributed by atoms with Crippen LogP contribution in [-0.2, 0) is 0 Å². The van der Waals surface area contributed by atoms with Gasteiger partial charge in [0.25, 0.3) is 0 Å². The molecule has 4 heteroatoms. The fraction of sp³-hybridized carbons (Fsp3) is 0.571. The lowest BCUT2D eigenvalue weighted by Gasteiger charge is -2.30. The summed E-state index contributed by atoms with van der Waals surface area (Å²) in [7, 11) is 0. The number of halogens is 3. The summed E-state index contributed by atoms with van der Waals surface area (Å²) in [5.74, 6) is -3.33. The third kappa shape index (κ3) is 2.69. The predicted octanol–water partition coefficient (Wildman–Crippen LogP) is 3.96. The lowest BCUT2D eigenvalue weighted by atomic mass is 9.78. The summed E-state index contributed by atoms with van der Waals surface area (Å²) in [5, 5.41) is 10.1. The number of aliphatic hydroxyl groups is 1. The zero-order chi connectivity index (χ0) is 13.3. The minimum Gasteiger partial charge on any atom is -0.388 e. The molecule has 1 aliphatic rings. The molecule has 0 radical (unpaired) electrons. The highest BCUT2D eigenvalue weighted by molar-refractivity contribution is 5.22. The maximum absolute atomic E-state index is 13.1. The number of hydrogen-bond acceptors (Lipinski definition) is 1. The molecule has 0 heterocycles. The van der Waals surface area contributed by atoms with Crippen LogP contribution in [0.4, 0.5) is 13.2 Å². The molecular weight excluding hydrogens is 241 g/mol. The van der Waals surface area contributed by atoms with Gasteiger partial charge in [0.2, 0.25) is 0 Å². The highest BCUT2D eigenvalue weighted by Gasteiger charge is 2.27. The van der Waals surface area contributed by atoms with Gasteiger partial charge >= 0.3 is 0 Å². The van der Waals surface area contributed by atoms with Crippen molar-refractivity contribution >= 4 is 0 Å². The Balaban J connectivity index is 2.16. The van der Waals surface area contributed by atoms with Crippen LogP contribution in [0.3, 0.4) is 0 Å². The molecule has 1 N–H and O–H groups in total. The summed E-state index contributed by atoms with van der Waals surface area (Å²) in [4.78, 5) is 0. The van der Waals surface area contributed by atoms with Gasteiger partial charge in [-0.1, -0.05) is 19.8 Å². The second-order valence-corrected chi connectivity index (χ2v) is 5.26. The molecule has 1 aromatic rings. The Bertz CT molecular complexity index is 402. The standard InChI is InChI=1S/C14H17F3O/c1-8-2-4-9(5-3-8)14(18)10-6-11(15)13(17)12(16)7-10/h6-9,14,18H,2-5H2,1H3. The van der Waals surface area contributed by atoms with Crippen LogP contribution in [0.25, 0.3) is 0 Å². The molecule has 1 nitrogen and oxygen atoms in total. The Hall–Kier alpha value is -1.03. The first kappa shape index (κ1) is 13.4. The highest BCUT2D eigenvalue weighted by atomic mass is 19.2. The van der Waals surface area contributed by atoms with E-state index in [4.69, 9.17) is 0 Å². The lowest BCUT2D eigenvalue weighted by Crippen LogP contribution is -2.19. The van der Waals surface area contributed by atoms with E-state index in [1.807, 2.05) is 0 Å². The number of benzene rings is 1. The van der Waals surface area contributed by atoms with Gasteiger partial charge in [-0.05, 0) is 42.4 Å². The van der Waals surface area contributed by atoms with Crippen LogP contribution >= 0.6 is 0 Å². The summed E-state index contributed by atoms with van der Waals surface area (Å²) < 4.78 is 39.0. The van der Waals surface area contributed by atoms with E-state index in [-0.39, 0.29) is 11.5 Å². The van der Waals surface area contributed by atoms with E-state index in [1.165, 1.54) is 0 Å². The van der Waals surface area contributed by atoms with Gasteiger partial charge in [0.15, 0.2) is 17.5 Å². The molecule has 2 rings (SSSR count). The van der Waals surface area contributed by atoms with Gasteiger partial charge in [-0.25, -0.2) is 13.2 Å². The fourth-order valence-corrected chi connectivity index (χ4v) is 2.62. The molecule has 1 fully saturated rings. The van der Waals surface area contributed by atoms with Crippen LogP contribution in [0.15, 0.2) is 12.1 Å². The summed E-state index contributed by atoms with van der Waals surface area (Å²) in [6, 6.07) is 1.78. The third-order valence-electron chi connectivity index (χ3n) is 3.85. The third-order valence-corrected chi connectivity index (χ3v) is 3.85. The average molecular weight is 258 g/mol.